The van der Waals surface area contributed by atoms with Crippen LogP contribution in [-0.2, 0) is 5.41 Å². The summed E-state index contributed by atoms with van der Waals surface area (Å²) in [6.45, 7) is 6.53. The lowest BCUT2D eigenvalue weighted by atomic mass is 9.65. The van der Waals surface area contributed by atoms with Crippen molar-refractivity contribution >= 4 is 29.0 Å². The van der Waals surface area contributed by atoms with Crippen molar-refractivity contribution < 1.29 is 4.79 Å². The number of nitrogens with one attached hydrogen (secondary N) is 1. The van der Waals surface area contributed by atoms with Crippen molar-refractivity contribution in [2.75, 3.05) is 10.2 Å². The van der Waals surface area contributed by atoms with E-state index in [4.69, 9.17) is 11.6 Å². The molecule has 3 aromatic rings. The van der Waals surface area contributed by atoms with Crippen LogP contribution in [0.5, 0.6) is 0 Å². The Hall–Kier alpha value is -2.78. The minimum atomic E-state index is -0.387. The smallest absolute Gasteiger partial charge is 0.307 e. The number of carbonyl (C=O) groups excluding carboxylic acids is 1. The van der Waals surface area contributed by atoms with Crippen molar-refractivity contribution in [1.29, 1.82) is 0 Å². The number of anilines is 2. The van der Waals surface area contributed by atoms with Gasteiger partial charge in [0.15, 0.2) is 0 Å². The number of rotatable bonds is 2. The maximum atomic E-state index is 13.4. The molecule has 3 aromatic carbocycles. The van der Waals surface area contributed by atoms with E-state index in [0.717, 1.165) is 17.7 Å². The van der Waals surface area contributed by atoms with E-state index in [1.807, 2.05) is 41.3 Å². The van der Waals surface area contributed by atoms with E-state index in [-0.39, 0.29) is 17.0 Å². The van der Waals surface area contributed by atoms with Gasteiger partial charge in [-0.25, -0.2) is 4.79 Å². The van der Waals surface area contributed by atoms with Crippen molar-refractivity contribution in [3.63, 3.8) is 0 Å². The lowest BCUT2D eigenvalue weighted by Crippen LogP contribution is -2.57. The predicted octanol–water partition coefficient (Wildman–Crippen LogP) is 6.87. The largest absolute Gasteiger partial charge is 0.326 e. The average molecular weight is 405 g/mol. The summed E-state index contributed by atoms with van der Waals surface area (Å²) >= 11 is 6.09. The Morgan fingerprint density at radius 1 is 0.931 bits per heavy atom. The topological polar surface area (TPSA) is 32.3 Å². The molecule has 0 unspecified atom stereocenters. The highest BCUT2D eigenvalue weighted by molar-refractivity contribution is 6.30. The molecule has 2 amide bonds. The maximum Gasteiger partial charge on any atom is 0.326 e. The van der Waals surface area contributed by atoms with E-state index in [1.54, 1.807) is 12.1 Å². The van der Waals surface area contributed by atoms with Gasteiger partial charge in [0, 0.05) is 21.7 Å². The van der Waals surface area contributed by atoms with Crippen LogP contribution >= 0.6 is 11.6 Å². The summed E-state index contributed by atoms with van der Waals surface area (Å²) in [5.74, 6) is 0. The molecule has 1 aliphatic heterocycles. The maximum absolute atomic E-state index is 13.4. The van der Waals surface area contributed by atoms with E-state index in [9.17, 15) is 4.79 Å². The summed E-state index contributed by atoms with van der Waals surface area (Å²) in [4.78, 5) is 15.3. The summed E-state index contributed by atoms with van der Waals surface area (Å²) in [6, 6.07) is 25.8. The van der Waals surface area contributed by atoms with Crippen LogP contribution < -0.4 is 10.2 Å². The molecule has 1 atom stereocenters. The molecule has 0 saturated heterocycles. The van der Waals surface area contributed by atoms with Crippen LogP contribution in [0.4, 0.5) is 16.2 Å². The summed E-state index contributed by atoms with van der Waals surface area (Å²) in [5, 5.41) is 3.61. The first kappa shape index (κ1) is 19.5. The van der Waals surface area contributed by atoms with Crippen molar-refractivity contribution in [2.45, 2.75) is 38.1 Å². The normalized spacial score (nSPS) is 20.1. The number of para-hydroxylation sites is 1. The van der Waals surface area contributed by atoms with Gasteiger partial charge >= 0.3 is 6.03 Å². The summed E-state index contributed by atoms with van der Waals surface area (Å²) < 4.78 is 0. The summed E-state index contributed by atoms with van der Waals surface area (Å²) in [6.07, 6.45) is 0.810. The SMILES string of the molecule is CC1(C)C[C@](C)(c2ccccc2)c2ccccc2N1C(=O)Nc1cccc(Cl)c1. The molecule has 148 valence electrons. The van der Waals surface area contributed by atoms with Crippen LogP contribution in [0.25, 0.3) is 0 Å². The van der Waals surface area contributed by atoms with Crippen LogP contribution in [0, 0.1) is 0 Å². The average Bonchev–Trinajstić information content (AvgIpc) is 2.68. The second-order valence-electron chi connectivity index (χ2n) is 8.48. The molecular weight excluding hydrogens is 380 g/mol. The predicted molar refractivity (Wildman–Crippen MR) is 121 cm³/mol. The van der Waals surface area contributed by atoms with E-state index >= 15 is 0 Å². The third-order valence-electron chi connectivity index (χ3n) is 5.82. The van der Waals surface area contributed by atoms with Gasteiger partial charge in [0.25, 0.3) is 0 Å². The van der Waals surface area contributed by atoms with Gasteiger partial charge in [-0.15, -0.1) is 0 Å². The number of carbonyl (C=O) groups is 1. The lowest BCUT2D eigenvalue weighted by Gasteiger charge is -2.51. The van der Waals surface area contributed by atoms with Crippen LogP contribution in [0.15, 0.2) is 78.9 Å². The van der Waals surface area contributed by atoms with Crippen molar-refractivity contribution in [2.24, 2.45) is 0 Å². The number of benzene rings is 3. The van der Waals surface area contributed by atoms with Crippen molar-refractivity contribution in [3.05, 3.63) is 95.0 Å². The van der Waals surface area contributed by atoms with Crippen molar-refractivity contribution in [3.8, 4) is 0 Å². The first-order valence-corrected chi connectivity index (χ1v) is 10.2. The minimum Gasteiger partial charge on any atom is -0.307 e. The first-order valence-electron chi connectivity index (χ1n) is 9.83. The van der Waals surface area contributed by atoms with E-state index < -0.39 is 0 Å². The number of urea groups is 1. The molecule has 0 aromatic heterocycles. The van der Waals surface area contributed by atoms with E-state index in [1.165, 1.54) is 5.56 Å². The van der Waals surface area contributed by atoms with Crippen LogP contribution in [0.2, 0.25) is 5.02 Å². The van der Waals surface area contributed by atoms with E-state index in [2.05, 4.69) is 56.4 Å². The van der Waals surface area contributed by atoms with Gasteiger partial charge in [0.2, 0.25) is 0 Å². The van der Waals surface area contributed by atoms with Gasteiger partial charge in [0.05, 0.1) is 5.69 Å². The van der Waals surface area contributed by atoms with Crippen LogP contribution in [-0.4, -0.2) is 11.6 Å². The molecule has 0 spiro atoms. The fourth-order valence-electron chi connectivity index (χ4n) is 4.69. The van der Waals surface area contributed by atoms with Gasteiger partial charge in [0.1, 0.15) is 0 Å². The third-order valence-corrected chi connectivity index (χ3v) is 6.06. The molecule has 4 rings (SSSR count). The fraction of sp³-hybridized carbons (Fsp3) is 0.240. The molecule has 1 N–H and O–H groups in total. The quantitative estimate of drug-likeness (QED) is 0.496. The Morgan fingerprint density at radius 3 is 2.34 bits per heavy atom. The molecule has 4 heteroatoms. The van der Waals surface area contributed by atoms with Gasteiger partial charge < -0.3 is 5.32 Å². The number of nitrogens with zero attached hydrogens (tertiary/aromatic N) is 1. The second kappa shape index (κ2) is 7.23. The second-order valence-corrected chi connectivity index (χ2v) is 8.92. The Bertz CT molecular complexity index is 1050. The number of hydrogen-bond acceptors (Lipinski definition) is 1. The zero-order chi connectivity index (χ0) is 20.6. The molecule has 0 saturated carbocycles. The van der Waals surface area contributed by atoms with Crippen LogP contribution in [0.1, 0.15) is 38.3 Å². The Morgan fingerprint density at radius 2 is 1.62 bits per heavy atom. The third kappa shape index (κ3) is 3.51. The van der Waals surface area contributed by atoms with E-state index in [0.29, 0.717) is 10.7 Å². The number of fused-ring (bicyclic) bond motifs is 1. The Balaban J connectivity index is 1.79. The van der Waals surface area contributed by atoms with Crippen LogP contribution in [0.3, 0.4) is 0 Å². The first-order chi connectivity index (χ1) is 13.8. The minimum absolute atomic E-state index is 0.153. The highest BCUT2D eigenvalue weighted by Gasteiger charge is 2.47. The summed E-state index contributed by atoms with van der Waals surface area (Å²) in [7, 11) is 0. The molecule has 0 radical (unpaired) electrons. The van der Waals surface area contributed by atoms with Gasteiger partial charge in [-0.1, -0.05) is 73.1 Å². The van der Waals surface area contributed by atoms with Crippen molar-refractivity contribution in [1.82, 2.24) is 0 Å². The van der Waals surface area contributed by atoms with Gasteiger partial charge in [-0.3, -0.25) is 4.90 Å². The highest BCUT2D eigenvalue weighted by Crippen LogP contribution is 2.50. The van der Waals surface area contributed by atoms with Gasteiger partial charge in [-0.05, 0) is 55.7 Å². The number of hydrogen-bond donors (Lipinski definition) is 1. The number of amides is 2. The Kier molecular flexibility index (Phi) is 4.87. The molecule has 1 aliphatic rings. The fourth-order valence-corrected chi connectivity index (χ4v) is 4.88. The zero-order valence-electron chi connectivity index (χ0n) is 16.9. The van der Waals surface area contributed by atoms with Gasteiger partial charge in [-0.2, -0.15) is 0 Å². The standard InChI is InChI=1S/C25H25ClN2O/c1-24(2)17-25(3,18-10-5-4-6-11-18)21-14-7-8-15-22(21)28(24)23(29)27-20-13-9-12-19(26)16-20/h4-16H,17H2,1-3H3,(H,27,29)/t25-/m1/s1. The summed E-state index contributed by atoms with van der Waals surface area (Å²) in [5.41, 5.74) is 3.47. The number of halogens is 1. The zero-order valence-corrected chi connectivity index (χ0v) is 17.7. The molecule has 0 bridgehead atoms. The Labute approximate surface area is 177 Å². The molecule has 0 aliphatic carbocycles. The molecule has 29 heavy (non-hydrogen) atoms. The highest BCUT2D eigenvalue weighted by atomic mass is 35.5. The molecule has 3 nitrogen and oxygen atoms in total. The molecular formula is C25H25ClN2O. The monoisotopic (exact) mass is 404 g/mol. The lowest BCUT2D eigenvalue weighted by molar-refractivity contribution is 0.243. The molecule has 1 heterocycles. The molecule has 0 fully saturated rings.